The first kappa shape index (κ1) is 19.5. The zero-order valence-corrected chi connectivity index (χ0v) is 14.4. The lowest BCUT2D eigenvalue weighted by Crippen LogP contribution is -2.25. The Morgan fingerprint density at radius 2 is 1.19 bits per heavy atom. The van der Waals surface area contributed by atoms with E-state index in [-0.39, 0.29) is 33.6 Å². The highest BCUT2D eigenvalue weighted by Gasteiger charge is 2.32. The van der Waals surface area contributed by atoms with E-state index < -0.39 is 17.4 Å². The minimum atomic E-state index is -1.22. The quantitative estimate of drug-likeness (QED) is 0.595. The molecule has 0 aromatic heterocycles. The van der Waals surface area contributed by atoms with Crippen LogP contribution in [0.25, 0.3) is 0 Å². The van der Waals surface area contributed by atoms with Gasteiger partial charge in [0.05, 0.1) is 22.5 Å². The van der Waals surface area contributed by atoms with Crippen molar-refractivity contribution < 1.29 is 29.4 Å². The van der Waals surface area contributed by atoms with Crippen molar-refractivity contribution in [2.75, 3.05) is 0 Å². The van der Waals surface area contributed by atoms with Crippen molar-refractivity contribution >= 4 is 35.5 Å². The minimum Gasteiger partial charge on any atom is -0.478 e. The Bertz CT molecular complexity index is 947. The molecule has 0 unspecified atom stereocenters. The highest BCUT2D eigenvalue weighted by atomic mass is 16.4. The molecule has 0 bridgehead atoms. The van der Waals surface area contributed by atoms with E-state index in [4.69, 9.17) is 0 Å². The van der Waals surface area contributed by atoms with Crippen LogP contribution in [0.1, 0.15) is 45.7 Å². The molecule has 0 fully saturated rings. The third kappa shape index (κ3) is 3.88. The van der Waals surface area contributed by atoms with Gasteiger partial charge in [-0.2, -0.15) is 9.98 Å². The molecule has 136 valence electrons. The Morgan fingerprint density at radius 1 is 0.815 bits per heavy atom. The Morgan fingerprint density at radius 3 is 1.48 bits per heavy atom. The van der Waals surface area contributed by atoms with Gasteiger partial charge < -0.3 is 10.2 Å². The molecule has 0 amide bonds. The molecule has 0 saturated heterocycles. The van der Waals surface area contributed by atoms with Crippen LogP contribution in [-0.4, -0.2) is 34.3 Å². The van der Waals surface area contributed by atoms with Gasteiger partial charge in [-0.1, -0.05) is 13.8 Å². The summed E-state index contributed by atoms with van der Waals surface area (Å²) in [6.07, 6.45) is 2.76. The molecule has 0 radical (unpaired) electrons. The lowest BCUT2D eigenvalue weighted by Gasteiger charge is -2.29. The summed E-state index contributed by atoms with van der Waals surface area (Å²) >= 11 is 0. The predicted molar refractivity (Wildman–Crippen MR) is 94.5 cm³/mol. The molecule has 0 aliphatic heterocycles. The third-order valence-corrected chi connectivity index (χ3v) is 4.16. The highest BCUT2D eigenvalue weighted by molar-refractivity contribution is 5.93. The molecule has 0 aliphatic rings. The largest absolute Gasteiger partial charge is 0.478 e. The van der Waals surface area contributed by atoms with Gasteiger partial charge in [-0.3, -0.25) is 0 Å². The monoisotopic (exact) mass is 366 g/mol. The maximum atomic E-state index is 11.7. The lowest BCUT2D eigenvalue weighted by molar-refractivity contribution is 0.0686. The maximum absolute atomic E-state index is 11.7. The molecule has 2 aromatic carbocycles. The van der Waals surface area contributed by atoms with Crippen LogP contribution in [0, 0.1) is 0 Å². The third-order valence-electron chi connectivity index (χ3n) is 4.16. The molecular weight excluding hydrogens is 352 g/mol. The van der Waals surface area contributed by atoms with Gasteiger partial charge in [-0.05, 0) is 47.5 Å². The number of hydrogen-bond donors (Lipinski definition) is 2. The van der Waals surface area contributed by atoms with E-state index in [0.29, 0.717) is 0 Å². The summed E-state index contributed by atoms with van der Waals surface area (Å²) < 4.78 is 0. The Kier molecular flexibility index (Phi) is 5.46. The van der Waals surface area contributed by atoms with E-state index in [1.165, 1.54) is 48.6 Å². The number of aliphatic imine (C=N–C) groups is 2. The van der Waals surface area contributed by atoms with Crippen molar-refractivity contribution in [3.63, 3.8) is 0 Å². The van der Waals surface area contributed by atoms with Crippen LogP contribution >= 0.6 is 0 Å². The number of rotatable bonds is 6. The number of benzene rings is 2. The Hall–Kier alpha value is -3.86. The van der Waals surface area contributed by atoms with Crippen LogP contribution in [0.5, 0.6) is 0 Å². The molecular formula is C19H14N2O6. The van der Waals surface area contributed by atoms with Gasteiger partial charge in [0.15, 0.2) is 0 Å². The number of hydrogen-bond acceptors (Lipinski definition) is 6. The number of carboxylic acid groups (broad SMARTS) is 2. The molecule has 0 saturated carbocycles. The van der Waals surface area contributed by atoms with Crippen molar-refractivity contribution in [3.05, 3.63) is 58.7 Å². The van der Waals surface area contributed by atoms with Gasteiger partial charge in [-0.15, -0.1) is 0 Å². The van der Waals surface area contributed by atoms with E-state index in [1.54, 1.807) is 13.8 Å². The number of carbonyl (C=O) groups is 2. The van der Waals surface area contributed by atoms with Crippen molar-refractivity contribution in [2.24, 2.45) is 9.98 Å². The molecule has 0 spiro atoms. The average Bonchev–Trinajstić information content (AvgIpc) is 2.61. The first-order valence-electron chi connectivity index (χ1n) is 7.63. The number of carboxylic acids is 2. The first-order valence-corrected chi connectivity index (χ1v) is 7.63. The zero-order valence-electron chi connectivity index (χ0n) is 14.4. The second-order valence-electron chi connectivity index (χ2n) is 6.10. The van der Waals surface area contributed by atoms with Crippen LogP contribution < -0.4 is 0 Å². The van der Waals surface area contributed by atoms with E-state index in [1.807, 2.05) is 0 Å². The van der Waals surface area contributed by atoms with Gasteiger partial charge in [0.25, 0.3) is 0 Å². The molecule has 8 nitrogen and oxygen atoms in total. The SMILES string of the molecule is CC(C)(c1cc(N=C=O)ccc1C(=O)O)c1cc(N=C=O)ccc1C(=O)O. The Labute approximate surface area is 153 Å². The van der Waals surface area contributed by atoms with Gasteiger partial charge in [0, 0.05) is 5.41 Å². The minimum absolute atomic E-state index is 0.0783. The van der Waals surface area contributed by atoms with Crippen LogP contribution in [0.15, 0.2) is 46.4 Å². The van der Waals surface area contributed by atoms with Gasteiger partial charge in [-0.25, -0.2) is 19.2 Å². The molecule has 2 N–H and O–H groups in total. The second-order valence-corrected chi connectivity index (χ2v) is 6.10. The van der Waals surface area contributed by atoms with Crippen molar-refractivity contribution in [1.29, 1.82) is 0 Å². The smallest absolute Gasteiger partial charge is 0.335 e. The summed E-state index contributed by atoms with van der Waals surface area (Å²) in [5.41, 5.74) is -0.461. The van der Waals surface area contributed by atoms with Gasteiger partial charge in [0.1, 0.15) is 0 Å². The summed E-state index contributed by atoms with van der Waals surface area (Å²) in [5.74, 6) is -2.45. The summed E-state index contributed by atoms with van der Waals surface area (Å²) in [5, 5.41) is 19.0. The number of isocyanates is 2. The van der Waals surface area contributed by atoms with Crippen LogP contribution in [0.4, 0.5) is 11.4 Å². The van der Waals surface area contributed by atoms with Gasteiger partial charge in [0.2, 0.25) is 12.2 Å². The summed E-state index contributed by atoms with van der Waals surface area (Å²) in [6, 6.07) is 8.02. The van der Waals surface area contributed by atoms with Gasteiger partial charge >= 0.3 is 11.9 Å². The van der Waals surface area contributed by atoms with Crippen molar-refractivity contribution in [2.45, 2.75) is 19.3 Å². The molecule has 0 aliphatic carbocycles. The molecule has 8 heteroatoms. The fourth-order valence-electron chi connectivity index (χ4n) is 2.86. The predicted octanol–water partition coefficient (Wildman–Crippen LogP) is 3.34. The molecule has 27 heavy (non-hydrogen) atoms. The average molecular weight is 366 g/mol. The fraction of sp³-hybridized carbons (Fsp3) is 0.158. The van der Waals surface area contributed by atoms with E-state index >= 15 is 0 Å². The van der Waals surface area contributed by atoms with E-state index in [0.717, 1.165) is 0 Å². The summed E-state index contributed by atoms with van der Waals surface area (Å²) in [4.78, 5) is 51.4. The van der Waals surface area contributed by atoms with Crippen molar-refractivity contribution in [1.82, 2.24) is 0 Å². The maximum Gasteiger partial charge on any atom is 0.335 e. The van der Waals surface area contributed by atoms with E-state index in [9.17, 15) is 29.4 Å². The van der Waals surface area contributed by atoms with Crippen LogP contribution in [0.2, 0.25) is 0 Å². The van der Waals surface area contributed by atoms with Crippen LogP contribution in [0.3, 0.4) is 0 Å². The fourth-order valence-corrected chi connectivity index (χ4v) is 2.86. The summed E-state index contributed by atoms with van der Waals surface area (Å²) in [6.45, 7) is 3.25. The molecule has 2 aromatic rings. The second kappa shape index (κ2) is 7.58. The number of nitrogens with zero attached hydrogens (tertiary/aromatic N) is 2. The summed E-state index contributed by atoms with van der Waals surface area (Å²) in [7, 11) is 0. The number of carbonyl (C=O) groups excluding carboxylic acids is 2. The highest BCUT2D eigenvalue weighted by Crippen LogP contribution is 2.39. The van der Waals surface area contributed by atoms with E-state index in [2.05, 4.69) is 9.98 Å². The number of aromatic carboxylic acids is 2. The lowest BCUT2D eigenvalue weighted by atomic mass is 9.74. The first-order chi connectivity index (χ1) is 12.7. The van der Waals surface area contributed by atoms with Crippen LogP contribution in [-0.2, 0) is 15.0 Å². The normalized spacial score (nSPS) is 10.4. The molecule has 0 heterocycles. The molecule has 0 atom stereocenters. The molecule has 2 rings (SSSR count). The standard InChI is InChI=1S/C19H14N2O6/c1-19(2,15-7-11(20-9-22)3-5-13(15)17(24)25)16-8-12(21-10-23)4-6-14(16)18(26)27/h3-8H,1-2H3,(H,24,25)(H,26,27). The Balaban J connectivity index is 2.85. The zero-order chi connectivity index (χ0) is 20.2. The topological polar surface area (TPSA) is 133 Å². The van der Waals surface area contributed by atoms with Crippen molar-refractivity contribution in [3.8, 4) is 0 Å².